The van der Waals surface area contributed by atoms with Crippen molar-refractivity contribution in [3.63, 3.8) is 0 Å². The van der Waals surface area contributed by atoms with Crippen molar-refractivity contribution in [1.29, 1.82) is 5.26 Å². The number of ether oxygens (including phenoxy) is 1. The summed E-state index contributed by atoms with van der Waals surface area (Å²) in [5.41, 5.74) is 0.326. The van der Waals surface area contributed by atoms with Gasteiger partial charge in [-0.25, -0.2) is 0 Å². The van der Waals surface area contributed by atoms with Crippen LogP contribution in [0, 0.1) is 11.3 Å². The van der Waals surface area contributed by atoms with E-state index < -0.39 is 17.6 Å². The van der Waals surface area contributed by atoms with Gasteiger partial charge in [0.2, 0.25) is 0 Å². The Morgan fingerprint density at radius 1 is 1.41 bits per heavy atom. The largest absolute Gasteiger partial charge is 0.485 e. The topological polar surface area (TPSA) is 65.3 Å². The number of nitrogens with one attached hydrogen (secondary N) is 1. The highest BCUT2D eigenvalue weighted by molar-refractivity contribution is 7.80. The Morgan fingerprint density at radius 2 is 2.05 bits per heavy atom. The van der Waals surface area contributed by atoms with Crippen molar-refractivity contribution in [3.05, 3.63) is 29.3 Å². The summed E-state index contributed by atoms with van der Waals surface area (Å²) in [5, 5.41) is 23.1. The highest BCUT2D eigenvalue weighted by Crippen LogP contribution is 2.42. The minimum Gasteiger partial charge on any atom is -0.485 e. The highest BCUT2D eigenvalue weighted by atomic mass is 32.1. The molecule has 0 aliphatic carbocycles. The second-order valence-corrected chi connectivity index (χ2v) is 7.67. The predicted molar refractivity (Wildman–Crippen MR) is 90.1 cm³/mol. The minimum atomic E-state index is -0.795. The second kappa shape index (κ2) is 5.53. The number of fused-ring (bicyclic) bond motifs is 1. The molecule has 22 heavy (non-hydrogen) atoms. The van der Waals surface area contributed by atoms with Crippen LogP contribution in [0.25, 0.3) is 0 Å². The fraction of sp³-hybridized carbons (Fsp3) is 0.529. The summed E-state index contributed by atoms with van der Waals surface area (Å²) in [6.45, 7) is 9.73. The van der Waals surface area contributed by atoms with Gasteiger partial charge in [-0.1, -0.05) is 12.2 Å². The van der Waals surface area contributed by atoms with E-state index in [2.05, 4.69) is 11.4 Å². The normalized spacial score (nSPS) is 23.0. The fourth-order valence-corrected chi connectivity index (χ4v) is 3.16. The van der Waals surface area contributed by atoms with Gasteiger partial charge in [0.15, 0.2) is 0 Å². The molecule has 1 aliphatic rings. The van der Waals surface area contributed by atoms with Crippen LogP contribution in [-0.2, 0) is 0 Å². The van der Waals surface area contributed by atoms with Gasteiger partial charge in [-0.3, -0.25) is 0 Å². The molecule has 4 nitrogen and oxygen atoms in total. The molecular weight excluding hydrogens is 296 g/mol. The maximum Gasteiger partial charge on any atom is 0.130 e. The monoisotopic (exact) mass is 318 g/mol. The molecule has 0 fully saturated rings. The molecule has 5 heteroatoms. The van der Waals surface area contributed by atoms with Gasteiger partial charge in [0.1, 0.15) is 17.5 Å². The summed E-state index contributed by atoms with van der Waals surface area (Å²) < 4.78 is 5.89. The second-order valence-electron chi connectivity index (χ2n) is 7.23. The average Bonchev–Trinajstić information content (AvgIpc) is 2.37. The van der Waals surface area contributed by atoms with E-state index in [0.717, 1.165) is 5.56 Å². The number of nitriles is 1. The molecule has 0 saturated carbocycles. The predicted octanol–water partition coefficient (Wildman–Crippen LogP) is 2.89. The molecule has 0 radical (unpaired) electrons. The summed E-state index contributed by atoms with van der Waals surface area (Å²) >= 11 is 5.55. The maximum atomic E-state index is 10.7. The lowest BCUT2D eigenvalue weighted by Crippen LogP contribution is -2.54. The van der Waals surface area contributed by atoms with E-state index in [-0.39, 0.29) is 5.54 Å². The van der Waals surface area contributed by atoms with E-state index in [1.165, 1.54) is 0 Å². The average molecular weight is 318 g/mol. The van der Waals surface area contributed by atoms with E-state index >= 15 is 0 Å². The van der Waals surface area contributed by atoms with Gasteiger partial charge in [0, 0.05) is 11.1 Å². The molecule has 1 aromatic rings. The molecule has 0 spiro atoms. The third-order valence-electron chi connectivity index (χ3n) is 3.66. The van der Waals surface area contributed by atoms with Crippen molar-refractivity contribution >= 4 is 17.2 Å². The Hall–Kier alpha value is -1.64. The third-order valence-corrected chi connectivity index (χ3v) is 4.01. The molecule has 0 amide bonds. The molecule has 1 aliphatic heterocycles. The van der Waals surface area contributed by atoms with Gasteiger partial charge >= 0.3 is 0 Å². The molecular formula is C17H22N2O2S. The first-order chi connectivity index (χ1) is 10.0. The molecule has 0 saturated heterocycles. The lowest BCUT2D eigenvalue weighted by Gasteiger charge is -2.43. The summed E-state index contributed by atoms with van der Waals surface area (Å²) in [4.78, 5) is 0.563. The summed E-state index contributed by atoms with van der Waals surface area (Å²) in [5.74, 6) is 0.263. The number of thiocarbonyl (C=S) groups is 1. The van der Waals surface area contributed by atoms with Gasteiger partial charge in [0.25, 0.3) is 0 Å². The molecule has 1 heterocycles. The van der Waals surface area contributed by atoms with Crippen LogP contribution in [0.2, 0.25) is 0 Å². The standard InChI is InChI=1S/C17H22N2O2S/c1-16(2,3)19-15(22)13-11-8-10(9-18)6-7-12(11)21-17(4,5)14(13)20/h6-8,13-14,20H,1-5H3,(H,19,22)/t13-,14+/m0/s1. The smallest absolute Gasteiger partial charge is 0.130 e. The summed E-state index contributed by atoms with van der Waals surface area (Å²) in [7, 11) is 0. The molecule has 0 aromatic heterocycles. The van der Waals surface area contributed by atoms with Crippen molar-refractivity contribution in [3.8, 4) is 11.8 Å². The van der Waals surface area contributed by atoms with Gasteiger partial charge in [-0.15, -0.1) is 0 Å². The zero-order chi connectivity index (χ0) is 16.7. The van der Waals surface area contributed by atoms with Crippen molar-refractivity contribution < 1.29 is 9.84 Å². The van der Waals surface area contributed by atoms with E-state index in [9.17, 15) is 5.11 Å². The number of nitrogens with zero attached hydrogens (tertiary/aromatic N) is 1. The SMILES string of the molecule is CC(C)(C)NC(=S)[C@H]1c2cc(C#N)ccc2OC(C)(C)[C@@H]1O. The Kier molecular flexibility index (Phi) is 4.20. The molecule has 2 rings (SSSR count). The molecule has 118 valence electrons. The number of hydrogen-bond donors (Lipinski definition) is 2. The molecule has 2 atom stereocenters. The molecule has 2 N–H and O–H groups in total. The summed E-state index contributed by atoms with van der Waals surface area (Å²) in [6, 6.07) is 7.35. The van der Waals surface area contributed by atoms with E-state index in [1.807, 2.05) is 34.6 Å². The van der Waals surface area contributed by atoms with Gasteiger partial charge in [-0.05, 0) is 52.8 Å². The number of aliphatic hydroxyl groups excluding tert-OH is 1. The van der Waals surface area contributed by atoms with E-state index in [4.69, 9.17) is 22.2 Å². The lowest BCUT2D eigenvalue weighted by molar-refractivity contribution is -0.0469. The van der Waals surface area contributed by atoms with Crippen molar-refractivity contribution in [2.45, 2.75) is 57.8 Å². The first kappa shape index (κ1) is 16.7. The zero-order valence-corrected chi connectivity index (χ0v) is 14.4. The first-order valence-corrected chi connectivity index (χ1v) is 7.69. The highest BCUT2D eigenvalue weighted by Gasteiger charge is 2.45. The Bertz CT molecular complexity index is 641. The quantitative estimate of drug-likeness (QED) is 0.780. The Labute approximate surface area is 137 Å². The third kappa shape index (κ3) is 3.23. The van der Waals surface area contributed by atoms with Gasteiger partial charge in [0.05, 0.1) is 22.5 Å². The maximum absolute atomic E-state index is 10.7. The first-order valence-electron chi connectivity index (χ1n) is 7.28. The Morgan fingerprint density at radius 3 is 2.59 bits per heavy atom. The van der Waals surface area contributed by atoms with Crippen molar-refractivity contribution in [2.24, 2.45) is 0 Å². The van der Waals surface area contributed by atoms with Crippen LogP contribution in [0.15, 0.2) is 18.2 Å². The number of hydrogen-bond acceptors (Lipinski definition) is 4. The van der Waals surface area contributed by atoms with Gasteiger partial charge in [-0.2, -0.15) is 5.26 Å². The molecule has 1 aromatic carbocycles. The lowest BCUT2D eigenvalue weighted by atomic mass is 9.80. The van der Waals surface area contributed by atoms with Crippen LogP contribution in [0.5, 0.6) is 5.75 Å². The van der Waals surface area contributed by atoms with Crippen LogP contribution in [-0.4, -0.2) is 27.3 Å². The molecule has 0 bridgehead atoms. The van der Waals surface area contributed by atoms with Crippen LogP contribution < -0.4 is 10.1 Å². The fourth-order valence-electron chi connectivity index (χ4n) is 2.60. The Balaban J connectivity index is 2.51. The summed E-state index contributed by atoms with van der Waals surface area (Å²) in [6.07, 6.45) is -0.795. The van der Waals surface area contributed by atoms with Crippen LogP contribution in [0.1, 0.15) is 51.7 Å². The zero-order valence-electron chi connectivity index (χ0n) is 13.6. The van der Waals surface area contributed by atoms with E-state index in [0.29, 0.717) is 16.3 Å². The number of rotatable bonds is 1. The molecule has 0 unspecified atom stereocenters. The van der Waals surface area contributed by atoms with Crippen molar-refractivity contribution in [2.75, 3.05) is 0 Å². The van der Waals surface area contributed by atoms with E-state index in [1.54, 1.807) is 18.2 Å². The van der Waals surface area contributed by atoms with Gasteiger partial charge < -0.3 is 15.2 Å². The van der Waals surface area contributed by atoms with Crippen LogP contribution in [0.3, 0.4) is 0 Å². The van der Waals surface area contributed by atoms with Crippen LogP contribution >= 0.6 is 12.2 Å². The minimum absolute atomic E-state index is 0.202. The number of benzene rings is 1. The number of aliphatic hydroxyl groups is 1. The van der Waals surface area contributed by atoms with Crippen LogP contribution in [0.4, 0.5) is 0 Å². The van der Waals surface area contributed by atoms with Crippen molar-refractivity contribution in [1.82, 2.24) is 5.32 Å².